The minimum atomic E-state index is -4.44. The SMILES string of the molecule is O=C1CC(C(=O)N2CCCC2Cn2cccn2)CN1CC(F)(F)F. The van der Waals surface area contributed by atoms with Crippen LogP contribution in [0.1, 0.15) is 19.3 Å². The van der Waals surface area contributed by atoms with Crippen LogP contribution in [0.15, 0.2) is 18.5 Å². The van der Waals surface area contributed by atoms with E-state index in [1.807, 2.05) is 6.20 Å². The molecule has 24 heavy (non-hydrogen) atoms. The fourth-order valence-corrected chi connectivity index (χ4v) is 3.48. The van der Waals surface area contributed by atoms with Crippen LogP contribution >= 0.6 is 0 Å². The molecule has 6 nitrogen and oxygen atoms in total. The number of likely N-dealkylation sites (tertiary alicyclic amines) is 2. The summed E-state index contributed by atoms with van der Waals surface area (Å²) in [7, 11) is 0. The average Bonchev–Trinajstić information content (AvgIpc) is 3.20. The molecule has 2 atom stereocenters. The molecular formula is C15H19F3N4O2. The van der Waals surface area contributed by atoms with E-state index in [2.05, 4.69) is 5.10 Å². The highest BCUT2D eigenvalue weighted by Gasteiger charge is 2.43. The van der Waals surface area contributed by atoms with Gasteiger partial charge in [-0.1, -0.05) is 0 Å². The summed E-state index contributed by atoms with van der Waals surface area (Å²) in [6.07, 6.45) is 0.573. The van der Waals surface area contributed by atoms with Crippen molar-refractivity contribution in [3.05, 3.63) is 18.5 Å². The van der Waals surface area contributed by atoms with Gasteiger partial charge in [0.1, 0.15) is 6.54 Å². The second-order valence-corrected chi connectivity index (χ2v) is 6.35. The lowest BCUT2D eigenvalue weighted by atomic mass is 10.1. The molecule has 2 amide bonds. The molecule has 0 spiro atoms. The monoisotopic (exact) mass is 344 g/mol. The maximum Gasteiger partial charge on any atom is 0.406 e. The summed E-state index contributed by atoms with van der Waals surface area (Å²) in [4.78, 5) is 26.9. The Labute approximate surface area is 137 Å². The van der Waals surface area contributed by atoms with Gasteiger partial charge in [0.2, 0.25) is 11.8 Å². The van der Waals surface area contributed by atoms with E-state index in [0.717, 1.165) is 17.7 Å². The van der Waals surface area contributed by atoms with Crippen LogP contribution in [-0.4, -0.2) is 63.2 Å². The molecule has 0 N–H and O–H groups in total. The van der Waals surface area contributed by atoms with Gasteiger partial charge in [-0.2, -0.15) is 18.3 Å². The highest BCUT2D eigenvalue weighted by Crippen LogP contribution is 2.28. The van der Waals surface area contributed by atoms with E-state index in [-0.39, 0.29) is 24.9 Å². The topological polar surface area (TPSA) is 58.4 Å². The second kappa shape index (κ2) is 6.45. The van der Waals surface area contributed by atoms with Crippen molar-refractivity contribution in [2.75, 3.05) is 19.6 Å². The average molecular weight is 344 g/mol. The number of hydrogen-bond donors (Lipinski definition) is 0. The summed E-state index contributed by atoms with van der Waals surface area (Å²) in [5.41, 5.74) is 0. The quantitative estimate of drug-likeness (QED) is 0.827. The molecule has 132 valence electrons. The lowest BCUT2D eigenvalue weighted by Crippen LogP contribution is -2.43. The number of amides is 2. The molecule has 0 saturated carbocycles. The molecule has 3 rings (SSSR count). The third-order valence-electron chi connectivity index (χ3n) is 4.55. The van der Waals surface area contributed by atoms with Crippen LogP contribution in [0, 0.1) is 5.92 Å². The van der Waals surface area contributed by atoms with Crippen LogP contribution < -0.4 is 0 Å². The number of aromatic nitrogens is 2. The predicted molar refractivity (Wildman–Crippen MR) is 77.7 cm³/mol. The van der Waals surface area contributed by atoms with Gasteiger partial charge in [-0.25, -0.2) is 0 Å². The molecule has 0 bridgehead atoms. The fraction of sp³-hybridized carbons (Fsp3) is 0.667. The standard InChI is InChI=1S/C15H19F3N4O2/c16-15(17,18)10-20-8-11(7-13(20)23)14(24)22-6-1-3-12(22)9-21-5-2-4-19-21/h2,4-5,11-12H,1,3,6-10H2. The highest BCUT2D eigenvalue weighted by molar-refractivity contribution is 5.89. The van der Waals surface area contributed by atoms with Crippen molar-refractivity contribution < 1.29 is 22.8 Å². The van der Waals surface area contributed by atoms with Crippen LogP contribution in [0.4, 0.5) is 13.2 Å². The number of halogens is 3. The van der Waals surface area contributed by atoms with Crippen molar-refractivity contribution in [2.24, 2.45) is 5.92 Å². The summed E-state index contributed by atoms with van der Waals surface area (Å²) in [6.45, 7) is -0.297. The Morgan fingerprint density at radius 2 is 2.17 bits per heavy atom. The Bertz CT molecular complexity index is 602. The molecule has 2 unspecified atom stereocenters. The van der Waals surface area contributed by atoms with E-state index in [1.165, 1.54) is 0 Å². The Hall–Kier alpha value is -2.06. The number of carbonyl (C=O) groups excluding carboxylic acids is 2. The largest absolute Gasteiger partial charge is 0.406 e. The number of hydrogen-bond acceptors (Lipinski definition) is 3. The van der Waals surface area contributed by atoms with E-state index in [9.17, 15) is 22.8 Å². The first kappa shape index (κ1) is 16.8. The Kier molecular flexibility index (Phi) is 4.51. The van der Waals surface area contributed by atoms with Crippen molar-refractivity contribution >= 4 is 11.8 Å². The van der Waals surface area contributed by atoms with Gasteiger partial charge in [-0.15, -0.1) is 0 Å². The lowest BCUT2D eigenvalue weighted by Gasteiger charge is -2.27. The molecule has 2 aliphatic heterocycles. The van der Waals surface area contributed by atoms with Crippen LogP contribution in [0.5, 0.6) is 0 Å². The molecule has 9 heteroatoms. The van der Waals surface area contributed by atoms with E-state index in [1.54, 1.807) is 21.8 Å². The summed E-state index contributed by atoms with van der Waals surface area (Å²) in [5.74, 6) is -1.51. The minimum Gasteiger partial charge on any atom is -0.338 e. The first-order valence-electron chi connectivity index (χ1n) is 7.96. The number of carbonyl (C=O) groups is 2. The molecule has 0 aromatic carbocycles. The van der Waals surface area contributed by atoms with Crippen LogP contribution in [0.3, 0.4) is 0 Å². The Balaban J connectivity index is 1.62. The number of rotatable bonds is 4. The molecule has 0 aliphatic carbocycles. The van der Waals surface area contributed by atoms with Crippen molar-refractivity contribution in [2.45, 2.75) is 38.0 Å². The maximum absolute atomic E-state index is 12.7. The van der Waals surface area contributed by atoms with E-state index in [4.69, 9.17) is 0 Å². The van der Waals surface area contributed by atoms with Gasteiger partial charge in [0.05, 0.1) is 18.5 Å². The molecule has 2 fully saturated rings. The van der Waals surface area contributed by atoms with Gasteiger partial charge in [0.25, 0.3) is 0 Å². The van der Waals surface area contributed by atoms with E-state index < -0.39 is 24.5 Å². The van der Waals surface area contributed by atoms with Crippen molar-refractivity contribution in [3.8, 4) is 0 Å². The molecule has 3 heterocycles. The zero-order chi connectivity index (χ0) is 17.3. The summed E-state index contributed by atoms with van der Waals surface area (Å²) < 4.78 is 39.2. The third kappa shape index (κ3) is 3.70. The molecule has 1 aromatic rings. The lowest BCUT2D eigenvalue weighted by molar-refractivity contribution is -0.157. The molecular weight excluding hydrogens is 325 g/mol. The van der Waals surface area contributed by atoms with Crippen molar-refractivity contribution in [3.63, 3.8) is 0 Å². The summed E-state index contributed by atoms with van der Waals surface area (Å²) in [6, 6.07) is 1.77. The molecule has 1 aromatic heterocycles. The van der Waals surface area contributed by atoms with Crippen molar-refractivity contribution in [1.82, 2.24) is 19.6 Å². The van der Waals surface area contributed by atoms with Crippen LogP contribution in [-0.2, 0) is 16.1 Å². The Morgan fingerprint density at radius 3 is 2.83 bits per heavy atom. The first-order valence-corrected chi connectivity index (χ1v) is 7.96. The second-order valence-electron chi connectivity index (χ2n) is 6.35. The Morgan fingerprint density at radius 1 is 1.38 bits per heavy atom. The molecule has 2 aliphatic rings. The molecule has 0 radical (unpaired) electrons. The zero-order valence-corrected chi connectivity index (χ0v) is 13.1. The number of nitrogens with zero attached hydrogens (tertiary/aromatic N) is 4. The van der Waals surface area contributed by atoms with Gasteiger partial charge < -0.3 is 9.80 Å². The van der Waals surface area contributed by atoms with Crippen LogP contribution in [0.2, 0.25) is 0 Å². The summed E-state index contributed by atoms with van der Waals surface area (Å²) in [5, 5.41) is 4.13. The van der Waals surface area contributed by atoms with E-state index in [0.29, 0.717) is 13.1 Å². The van der Waals surface area contributed by atoms with Crippen LogP contribution in [0.25, 0.3) is 0 Å². The fourth-order valence-electron chi connectivity index (χ4n) is 3.48. The van der Waals surface area contributed by atoms with Gasteiger partial charge >= 0.3 is 6.18 Å². The predicted octanol–water partition coefficient (Wildman–Crippen LogP) is 1.28. The smallest absolute Gasteiger partial charge is 0.338 e. The minimum absolute atomic E-state index is 0.0239. The summed E-state index contributed by atoms with van der Waals surface area (Å²) >= 11 is 0. The first-order chi connectivity index (χ1) is 11.3. The normalized spacial score (nSPS) is 24.9. The van der Waals surface area contributed by atoms with Gasteiger partial charge in [0.15, 0.2) is 0 Å². The van der Waals surface area contributed by atoms with Crippen molar-refractivity contribution in [1.29, 1.82) is 0 Å². The van der Waals surface area contributed by atoms with Gasteiger partial charge in [-0.05, 0) is 18.9 Å². The van der Waals surface area contributed by atoms with Gasteiger partial charge in [0, 0.05) is 31.9 Å². The maximum atomic E-state index is 12.7. The highest BCUT2D eigenvalue weighted by atomic mass is 19.4. The van der Waals surface area contributed by atoms with E-state index >= 15 is 0 Å². The number of alkyl halides is 3. The third-order valence-corrected chi connectivity index (χ3v) is 4.55. The zero-order valence-electron chi connectivity index (χ0n) is 13.1. The van der Waals surface area contributed by atoms with Gasteiger partial charge in [-0.3, -0.25) is 14.3 Å². The molecule has 2 saturated heterocycles.